The van der Waals surface area contributed by atoms with E-state index in [9.17, 15) is 9.59 Å². The zero-order valence-electron chi connectivity index (χ0n) is 12.1. The van der Waals surface area contributed by atoms with Crippen LogP contribution in [0.3, 0.4) is 0 Å². The monoisotopic (exact) mass is 289 g/mol. The lowest BCUT2D eigenvalue weighted by Crippen LogP contribution is -2.35. The molecule has 0 aromatic carbocycles. The molecule has 1 amide bonds. The summed E-state index contributed by atoms with van der Waals surface area (Å²) in [6, 6.07) is 3.60. The number of amides is 1. The van der Waals surface area contributed by atoms with Gasteiger partial charge < -0.3 is 15.4 Å². The molecule has 3 rings (SSSR count). The van der Waals surface area contributed by atoms with Crippen molar-refractivity contribution >= 4 is 17.6 Å². The molecule has 2 N–H and O–H groups in total. The molecule has 2 heterocycles. The Hall–Kier alpha value is -2.11. The van der Waals surface area contributed by atoms with Gasteiger partial charge in [-0.15, -0.1) is 0 Å². The van der Waals surface area contributed by atoms with E-state index in [1.165, 1.54) is 7.11 Å². The number of rotatable bonds is 4. The average molecular weight is 289 g/mol. The number of carbonyl (C=O) groups is 2. The summed E-state index contributed by atoms with van der Waals surface area (Å²) in [7, 11) is 1.38. The molecule has 1 aliphatic carbocycles. The lowest BCUT2D eigenvalue weighted by atomic mass is 10.1. The molecule has 0 spiro atoms. The topological polar surface area (TPSA) is 80.3 Å². The molecule has 0 atom stereocenters. The van der Waals surface area contributed by atoms with Gasteiger partial charge in [0.05, 0.1) is 23.9 Å². The zero-order valence-corrected chi connectivity index (χ0v) is 12.1. The van der Waals surface area contributed by atoms with Gasteiger partial charge in [0.15, 0.2) is 0 Å². The van der Waals surface area contributed by atoms with Crippen LogP contribution >= 0.6 is 0 Å². The maximum atomic E-state index is 12.2. The van der Waals surface area contributed by atoms with E-state index >= 15 is 0 Å². The molecular formula is C15H19N3O3. The Bertz CT molecular complexity index is 582. The van der Waals surface area contributed by atoms with E-state index in [0.717, 1.165) is 43.6 Å². The minimum Gasteiger partial charge on any atom is -0.469 e. The lowest BCUT2D eigenvalue weighted by Gasteiger charge is -2.18. The number of hydrogen-bond acceptors (Lipinski definition) is 5. The molecule has 1 aliphatic heterocycles. The van der Waals surface area contributed by atoms with Crippen molar-refractivity contribution in [2.75, 3.05) is 25.5 Å². The van der Waals surface area contributed by atoms with Gasteiger partial charge in [0.1, 0.15) is 5.69 Å². The number of pyridine rings is 1. The van der Waals surface area contributed by atoms with Crippen LogP contribution in [0.2, 0.25) is 0 Å². The number of aromatic nitrogens is 1. The van der Waals surface area contributed by atoms with Gasteiger partial charge in [0.2, 0.25) is 0 Å². The maximum absolute atomic E-state index is 12.2. The quantitative estimate of drug-likeness (QED) is 0.812. The largest absolute Gasteiger partial charge is 0.469 e. The number of esters is 1. The molecule has 0 unspecified atom stereocenters. The SMILES string of the molecule is COC(=O)C1(CNC(=O)c2ccc3c(n2)CCCN3)CC1. The predicted molar refractivity (Wildman–Crippen MR) is 77.1 cm³/mol. The second kappa shape index (κ2) is 5.35. The molecule has 6 nitrogen and oxygen atoms in total. The fourth-order valence-corrected chi connectivity index (χ4v) is 2.62. The third-order valence-corrected chi connectivity index (χ3v) is 4.17. The van der Waals surface area contributed by atoms with Gasteiger partial charge in [-0.1, -0.05) is 0 Å². The van der Waals surface area contributed by atoms with Crippen LogP contribution in [0.5, 0.6) is 0 Å². The Morgan fingerprint density at radius 1 is 1.43 bits per heavy atom. The summed E-state index contributed by atoms with van der Waals surface area (Å²) in [4.78, 5) is 28.2. The van der Waals surface area contributed by atoms with Crippen LogP contribution < -0.4 is 10.6 Å². The van der Waals surface area contributed by atoms with E-state index in [1.807, 2.05) is 6.07 Å². The van der Waals surface area contributed by atoms with Crippen molar-refractivity contribution in [2.24, 2.45) is 5.41 Å². The number of anilines is 1. The standard InChI is InChI=1S/C15H19N3O3/c1-21-14(20)15(6-7-15)9-17-13(19)12-5-4-10-11(18-12)3-2-8-16-10/h4-5,16H,2-3,6-9H2,1H3,(H,17,19). The first-order valence-electron chi connectivity index (χ1n) is 7.25. The molecule has 6 heteroatoms. The van der Waals surface area contributed by atoms with Crippen molar-refractivity contribution in [1.29, 1.82) is 0 Å². The third kappa shape index (κ3) is 2.70. The molecule has 112 valence electrons. The molecule has 0 bridgehead atoms. The van der Waals surface area contributed by atoms with Crippen LogP contribution in [0.1, 0.15) is 35.4 Å². The molecule has 1 saturated carbocycles. The molecule has 1 aromatic rings. The second-order valence-corrected chi connectivity index (χ2v) is 5.68. The number of ether oxygens (including phenoxy) is 1. The Morgan fingerprint density at radius 3 is 2.95 bits per heavy atom. The summed E-state index contributed by atoms with van der Waals surface area (Å²) in [5.41, 5.74) is 1.83. The van der Waals surface area contributed by atoms with Gasteiger partial charge in [-0.2, -0.15) is 0 Å². The summed E-state index contributed by atoms with van der Waals surface area (Å²) < 4.78 is 4.78. The van der Waals surface area contributed by atoms with Gasteiger partial charge in [-0.25, -0.2) is 4.98 Å². The maximum Gasteiger partial charge on any atom is 0.313 e. The summed E-state index contributed by atoms with van der Waals surface area (Å²) in [6.45, 7) is 1.26. The first-order valence-corrected chi connectivity index (χ1v) is 7.25. The van der Waals surface area contributed by atoms with E-state index in [1.54, 1.807) is 6.07 Å². The molecule has 21 heavy (non-hydrogen) atoms. The molecule has 1 fully saturated rings. The Kier molecular flexibility index (Phi) is 3.53. The first kappa shape index (κ1) is 13.9. The Morgan fingerprint density at radius 2 is 2.24 bits per heavy atom. The summed E-state index contributed by atoms with van der Waals surface area (Å²) in [5, 5.41) is 6.06. The highest BCUT2D eigenvalue weighted by Gasteiger charge is 2.51. The lowest BCUT2D eigenvalue weighted by molar-refractivity contribution is -0.146. The average Bonchev–Trinajstić information content (AvgIpc) is 3.32. The van der Waals surface area contributed by atoms with E-state index in [2.05, 4.69) is 15.6 Å². The van der Waals surface area contributed by atoms with Crippen molar-refractivity contribution in [1.82, 2.24) is 10.3 Å². The number of nitrogens with zero attached hydrogens (tertiary/aromatic N) is 1. The highest BCUT2D eigenvalue weighted by Crippen LogP contribution is 2.46. The molecule has 0 radical (unpaired) electrons. The summed E-state index contributed by atoms with van der Waals surface area (Å²) >= 11 is 0. The molecule has 2 aliphatic rings. The number of nitrogens with one attached hydrogen (secondary N) is 2. The van der Waals surface area contributed by atoms with E-state index in [4.69, 9.17) is 4.74 Å². The van der Waals surface area contributed by atoms with Crippen molar-refractivity contribution in [2.45, 2.75) is 25.7 Å². The van der Waals surface area contributed by atoms with Crippen molar-refractivity contribution in [3.8, 4) is 0 Å². The fourth-order valence-electron chi connectivity index (χ4n) is 2.62. The van der Waals surface area contributed by atoms with Crippen LogP contribution in [0.25, 0.3) is 0 Å². The van der Waals surface area contributed by atoms with Crippen molar-refractivity contribution in [3.05, 3.63) is 23.5 Å². The minimum absolute atomic E-state index is 0.237. The number of hydrogen-bond donors (Lipinski definition) is 2. The number of methoxy groups -OCH3 is 1. The van der Waals surface area contributed by atoms with Gasteiger partial charge in [-0.05, 0) is 37.8 Å². The summed E-state index contributed by atoms with van der Waals surface area (Å²) in [6.07, 6.45) is 3.44. The second-order valence-electron chi connectivity index (χ2n) is 5.68. The van der Waals surface area contributed by atoms with Crippen molar-refractivity contribution in [3.63, 3.8) is 0 Å². The van der Waals surface area contributed by atoms with Gasteiger partial charge >= 0.3 is 5.97 Å². The number of fused-ring (bicyclic) bond motifs is 1. The highest BCUT2D eigenvalue weighted by atomic mass is 16.5. The van der Waals surface area contributed by atoms with Crippen LogP contribution in [0, 0.1) is 5.41 Å². The summed E-state index contributed by atoms with van der Waals surface area (Å²) in [5.74, 6) is -0.482. The molecule has 1 aromatic heterocycles. The minimum atomic E-state index is -0.514. The molecule has 0 saturated heterocycles. The van der Waals surface area contributed by atoms with Crippen LogP contribution in [0.15, 0.2) is 12.1 Å². The Labute approximate surface area is 123 Å². The van der Waals surface area contributed by atoms with E-state index < -0.39 is 5.41 Å². The fraction of sp³-hybridized carbons (Fsp3) is 0.533. The molecular weight excluding hydrogens is 270 g/mol. The Balaban J connectivity index is 1.65. The number of aryl methyl sites for hydroxylation is 1. The van der Waals surface area contributed by atoms with Gasteiger partial charge in [-0.3, -0.25) is 9.59 Å². The normalized spacial score (nSPS) is 18.1. The highest BCUT2D eigenvalue weighted by molar-refractivity contribution is 5.93. The van der Waals surface area contributed by atoms with Crippen molar-refractivity contribution < 1.29 is 14.3 Å². The first-order chi connectivity index (χ1) is 10.1. The smallest absolute Gasteiger partial charge is 0.313 e. The number of carbonyl (C=O) groups excluding carboxylic acids is 2. The predicted octanol–water partition coefficient (Wildman–Crippen LogP) is 1.12. The van der Waals surface area contributed by atoms with E-state index in [0.29, 0.717) is 12.2 Å². The van der Waals surface area contributed by atoms with Gasteiger partial charge in [0.25, 0.3) is 5.91 Å². The van der Waals surface area contributed by atoms with Crippen LogP contribution in [-0.4, -0.2) is 37.1 Å². The van der Waals surface area contributed by atoms with Crippen LogP contribution in [-0.2, 0) is 16.0 Å². The van der Waals surface area contributed by atoms with Gasteiger partial charge in [0, 0.05) is 13.1 Å². The third-order valence-electron chi connectivity index (χ3n) is 4.17. The van der Waals surface area contributed by atoms with E-state index in [-0.39, 0.29) is 11.9 Å². The van der Waals surface area contributed by atoms with Crippen LogP contribution in [0.4, 0.5) is 5.69 Å². The zero-order chi connectivity index (χ0) is 14.9.